The van der Waals surface area contributed by atoms with E-state index in [1.165, 1.54) is 16.1 Å². The number of nitrogens with zero attached hydrogens (tertiary/aromatic N) is 4. The van der Waals surface area contributed by atoms with Crippen molar-refractivity contribution < 1.29 is 19.3 Å². The molecule has 0 radical (unpaired) electrons. The Kier molecular flexibility index (Phi) is 5.77. The largest absolute Gasteiger partial charge is 0.394 e. The number of halogens is 2. The summed E-state index contributed by atoms with van der Waals surface area (Å²) < 4.78 is 21.5. The van der Waals surface area contributed by atoms with Gasteiger partial charge in [0.2, 0.25) is 5.28 Å². The molecule has 4 rings (SSSR count). The number of aryl methyl sites for hydroxylation is 1. The first-order chi connectivity index (χ1) is 14.6. The lowest BCUT2D eigenvalue weighted by Gasteiger charge is -2.19. The number of fused-ring (bicyclic) bond motifs is 1. The molecule has 1 fully saturated rings. The van der Waals surface area contributed by atoms with Gasteiger partial charge in [0.1, 0.15) is 12.2 Å². The number of aliphatic hydroxyl groups is 2. The molecule has 3 aromatic rings. The molecule has 3 heterocycles. The summed E-state index contributed by atoms with van der Waals surface area (Å²) in [6.45, 7) is 8.38. The maximum atomic E-state index is 14.6. The smallest absolute Gasteiger partial charge is 0.226 e. The van der Waals surface area contributed by atoms with E-state index in [4.69, 9.17) is 16.3 Å². The second-order valence-corrected chi connectivity index (χ2v) is 14.2. The fourth-order valence-electron chi connectivity index (χ4n) is 3.64. The van der Waals surface area contributed by atoms with Crippen molar-refractivity contribution in [2.45, 2.75) is 51.2 Å². The van der Waals surface area contributed by atoms with E-state index in [0.717, 1.165) is 11.3 Å². The highest BCUT2D eigenvalue weighted by atomic mass is 35.5. The van der Waals surface area contributed by atoms with Crippen LogP contribution in [0.4, 0.5) is 15.9 Å². The molecule has 0 unspecified atom stereocenters. The van der Waals surface area contributed by atoms with Crippen LogP contribution in [-0.4, -0.2) is 62.8 Å². The molecular weight excluding hydrogens is 441 g/mol. The van der Waals surface area contributed by atoms with E-state index in [1.807, 2.05) is 13.0 Å². The van der Waals surface area contributed by atoms with E-state index in [0.29, 0.717) is 11.3 Å². The van der Waals surface area contributed by atoms with Crippen molar-refractivity contribution in [2.75, 3.05) is 11.9 Å². The minimum absolute atomic E-state index is 0.0409. The first-order valence-corrected chi connectivity index (χ1v) is 13.8. The number of rotatable bonds is 5. The predicted molar refractivity (Wildman–Crippen MR) is 120 cm³/mol. The lowest BCUT2D eigenvalue weighted by atomic mass is 10.1. The predicted octanol–water partition coefficient (Wildman–Crippen LogP) is 2.67. The van der Waals surface area contributed by atoms with Gasteiger partial charge in [-0.05, 0) is 30.2 Å². The fraction of sp³-hybridized carbons (Fsp3) is 0.450. The summed E-state index contributed by atoms with van der Waals surface area (Å²) in [6, 6.07) is 6.28. The lowest BCUT2D eigenvalue weighted by molar-refractivity contribution is -0.0459. The molecule has 0 bridgehead atoms. The Balaban J connectivity index is 1.71. The molecule has 4 atom stereocenters. The third kappa shape index (κ3) is 4.05. The van der Waals surface area contributed by atoms with Crippen molar-refractivity contribution >= 4 is 47.5 Å². The minimum atomic E-state index is -1.75. The molecule has 31 heavy (non-hydrogen) atoms. The van der Waals surface area contributed by atoms with Crippen molar-refractivity contribution in [3.63, 3.8) is 0 Å². The van der Waals surface area contributed by atoms with Gasteiger partial charge >= 0.3 is 0 Å². The van der Waals surface area contributed by atoms with Crippen molar-refractivity contribution in [3.8, 4) is 0 Å². The van der Waals surface area contributed by atoms with Gasteiger partial charge in [-0.15, -0.1) is 0 Å². The molecule has 3 N–H and O–H groups in total. The van der Waals surface area contributed by atoms with E-state index in [2.05, 4.69) is 52.0 Å². The summed E-state index contributed by atoms with van der Waals surface area (Å²) in [5.41, 5.74) is 2.55. The van der Waals surface area contributed by atoms with Crippen LogP contribution in [0, 0.1) is 6.92 Å². The van der Waals surface area contributed by atoms with Crippen LogP contribution in [0.25, 0.3) is 11.2 Å². The molecule has 8 nitrogen and oxygen atoms in total. The van der Waals surface area contributed by atoms with Crippen LogP contribution < -0.4 is 10.5 Å². The molecule has 0 amide bonds. The second-order valence-electron chi connectivity index (χ2n) is 8.75. The zero-order valence-corrected chi connectivity index (χ0v) is 19.4. The average Bonchev–Trinajstić information content (AvgIpc) is 3.24. The quantitative estimate of drug-likeness (QED) is 0.393. The van der Waals surface area contributed by atoms with Crippen molar-refractivity contribution in [1.82, 2.24) is 19.5 Å². The molecule has 2 aromatic heterocycles. The number of anilines is 2. The topological polar surface area (TPSA) is 105 Å². The van der Waals surface area contributed by atoms with E-state index in [1.54, 1.807) is 0 Å². The Bertz CT molecular complexity index is 1120. The van der Waals surface area contributed by atoms with Gasteiger partial charge in [-0.25, -0.2) is 9.37 Å². The van der Waals surface area contributed by atoms with Crippen molar-refractivity contribution in [2.24, 2.45) is 0 Å². The number of imidazole rings is 1. The van der Waals surface area contributed by atoms with Gasteiger partial charge in [0.15, 0.2) is 29.4 Å². The zero-order chi connectivity index (χ0) is 22.5. The van der Waals surface area contributed by atoms with Crippen LogP contribution in [0.15, 0.2) is 24.5 Å². The van der Waals surface area contributed by atoms with Gasteiger partial charge < -0.3 is 20.3 Å². The molecule has 0 spiro atoms. The minimum Gasteiger partial charge on any atom is -0.394 e. The van der Waals surface area contributed by atoms with Crippen molar-refractivity contribution in [1.29, 1.82) is 0 Å². The van der Waals surface area contributed by atoms with Gasteiger partial charge in [0, 0.05) is 5.69 Å². The summed E-state index contributed by atoms with van der Waals surface area (Å²) in [5.74, 6) is 0.380. The average molecular weight is 466 g/mol. The molecule has 0 aliphatic carbocycles. The lowest BCUT2D eigenvalue weighted by Crippen LogP contribution is -2.37. The maximum Gasteiger partial charge on any atom is 0.226 e. The third-order valence-corrected chi connectivity index (χ3v) is 7.70. The highest BCUT2D eigenvalue weighted by Crippen LogP contribution is 2.35. The monoisotopic (exact) mass is 465 g/mol. The summed E-state index contributed by atoms with van der Waals surface area (Å²) in [7, 11) is -1.44. The molecule has 166 valence electrons. The van der Waals surface area contributed by atoms with Crippen LogP contribution in [-0.2, 0) is 4.74 Å². The Morgan fingerprint density at radius 3 is 2.65 bits per heavy atom. The Hall–Kier alpha value is -2.11. The Morgan fingerprint density at radius 2 is 2.03 bits per heavy atom. The molecule has 1 aliphatic heterocycles. The maximum absolute atomic E-state index is 14.6. The van der Waals surface area contributed by atoms with Gasteiger partial charge in [-0.2, -0.15) is 9.97 Å². The Labute approximate surface area is 185 Å². The van der Waals surface area contributed by atoms with Gasteiger partial charge in [-0.1, -0.05) is 37.0 Å². The normalized spacial score (nSPS) is 24.1. The van der Waals surface area contributed by atoms with Gasteiger partial charge in [0.05, 0.1) is 21.0 Å². The molecule has 1 aliphatic rings. The number of aliphatic hydroxyl groups excluding tert-OH is 2. The second kappa shape index (κ2) is 8.10. The first kappa shape index (κ1) is 22.1. The van der Waals surface area contributed by atoms with E-state index >= 15 is 0 Å². The van der Waals surface area contributed by atoms with Gasteiger partial charge in [-0.3, -0.25) is 4.57 Å². The summed E-state index contributed by atoms with van der Waals surface area (Å²) in [4.78, 5) is 12.8. The molecule has 0 saturated carbocycles. The molecule has 1 aromatic carbocycles. The van der Waals surface area contributed by atoms with E-state index in [9.17, 15) is 14.6 Å². The highest BCUT2D eigenvalue weighted by molar-refractivity contribution is 6.88. The number of hydrogen-bond acceptors (Lipinski definition) is 7. The molecular formula is C20H25ClFN5O3Si. The zero-order valence-electron chi connectivity index (χ0n) is 17.7. The SMILES string of the molecule is Cc1cc([Si](C)(C)C)ccc1Nc1nc(Cl)nc2c1ncn2[C@@H]1O[C@H](CO)[C@@H](O)[C@H]1F. The summed E-state index contributed by atoms with van der Waals surface area (Å²) >= 11 is 6.15. The number of ether oxygens (including phenoxy) is 1. The summed E-state index contributed by atoms with van der Waals surface area (Å²) in [5, 5.41) is 23.8. The molecule has 1 saturated heterocycles. The first-order valence-electron chi connectivity index (χ1n) is 9.97. The molecule has 11 heteroatoms. The van der Waals surface area contributed by atoms with Crippen molar-refractivity contribution in [3.05, 3.63) is 35.4 Å². The van der Waals surface area contributed by atoms with Crippen LogP contribution in [0.2, 0.25) is 24.9 Å². The van der Waals surface area contributed by atoms with E-state index < -0.39 is 39.3 Å². The highest BCUT2D eigenvalue weighted by Gasteiger charge is 2.45. The number of aromatic nitrogens is 4. The van der Waals surface area contributed by atoms with Crippen LogP contribution in [0.3, 0.4) is 0 Å². The fourth-order valence-corrected chi connectivity index (χ4v) is 5.04. The number of benzene rings is 1. The van der Waals surface area contributed by atoms with Crippen LogP contribution in [0.1, 0.15) is 11.8 Å². The number of alkyl halides is 1. The Morgan fingerprint density at radius 1 is 1.29 bits per heavy atom. The number of nitrogens with one attached hydrogen (secondary N) is 1. The third-order valence-electron chi connectivity index (χ3n) is 5.49. The standard InChI is InChI=1S/C20H25ClFN5O3Si/c1-10-7-11(31(2,3)4)5-6-12(10)24-17-15-18(26-20(21)25-17)27(9-23-15)19-14(22)16(29)13(8-28)30-19/h5-7,9,13-14,16,19,28-29H,8H2,1-4H3,(H,24,25,26)/t13-,14-,16-,19-/m1/s1. The van der Waals surface area contributed by atoms with Gasteiger partial charge in [0.25, 0.3) is 0 Å². The van der Waals surface area contributed by atoms with E-state index in [-0.39, 0.29) is 10.9 Å². The van der Waals surface area contributed by atoms with Crippen LogP contribution >= 0.6 is 11.6 Å². The number of hydrogen-bond donors (Lipinski definition) is 3. The van der Waals surface area contributed by atoms with Crippen LogP contribution in [0.5, 0.6) is 0 Å². The summed E-state index contributed by atoms with van der Waals surface area (Å²) in [6.07, 6.45) is -4.05.